The maximum atomic E-state index is 5.81. The largest absolute Gasteiger partial charge is 0.490 e. The number of benzene rings is 1. The predicted octanol–water partition coefficient (Wildman–Crippen LogP) is 3.69. The standard InChI is InChI=1S/C13H13ClN2OS/c1-10(9-18-13-15-7-2-8-16-13)17-12-5-3-11(14)4-6-12/h2-8,10H,9H2,1H3. The van der Waals surface area contributed by atoms with E-state index in [9.17, 15) is 0 Å². The van der Waals surface area contributed by atoms with Crippen molar-refractivity contribution >= 4 is 23.4 Å². The number of hydrogen-bond acceptors (Lipinski definition) is 4. The SMILES string of the molecule is CC(CSc1ncccn1)Oc1ccc(Cl)cc1. The van der Waals surface area contributed by atoms with E-state index in [2.05, 4.69) is 9.97 Å². The summed E-state index contributed by atoms with van der Waals surface area (Å²) in [6, 6.07) is 9.16. The summed E-state index contributed by atoms with van der Waals surface area (Å²) in [5.74, 6) is 1.62. The summed E-state index contributed by atoms with van der Waals surface area (Å²) in [7, 11) is 0. The van der Waals surface area contributed by atoms with Gasteiger partial charge in [0.1, 0.15) is 11.9 Å². The van der Waals surface area contributed by atoms with Crippen molar-refractivity contribution in [3.05, 3.63) is 47.7 Å². The summed E-state index contributed by atoms with van der Waals surface area (Å²) in [5, 5.41) is 1.48. The molecule has 1 aromatic carbocycles. The molecule has 0 bridgehead atoms. The minimum Gasteiger partial charge on any atom is -0.490 e. The zero-order valence-corrected chi connectivity index (χ0v) is 11.5. The Bertz CT molecular complexity index is 478. The van der Waals surface area contributed by atoms with Gasteiger partial charge in [0.15, 0.2) is 5.16 Å². The highest BCUT2D eigenvalue weighted by Gasteiger charge is 2.06. The summed E-state index contributed by atoms with van der Waals surface area (Å²) in [6.45, 7) is 2.02. The van der Waals surface area contributed by atoms with E-state index in [0.29, 0.717) is 5.02 Å². The average molecular weight is 281 g/mol. The number of rotatable bonds is 5. The van der Waals surface area contributed by atoms with Crippen LogP contribution in [-0.2, 0) is 0 Å². The van der Waals surface area contributed by atoms with Crippen LogP contribution < -0.4 is 4.74 Å². The molecule has 0 fully saturated rings. The molecule has 18 heavy (non-hydrogen) atoms. The second kappa shape index (κ2) is 6.61. The molecule has 1 aromatic heterocycles. The van der Waals surface area contributed by atoms with E-state index < -0.39 is 0 Å². The molecule has 0 N–H and O–H groups in total. The zero-order chi connectivity index (χ0) is 12.8. The third-order valence-corrected chi connectivity index (χ3v) is 3.50. The molecule has 1 atom stereocenters. The molecule has 2 rings (SSSR count). The lowest BCUT2D eigenvalue weighted by Crippen LogP contribution is -2.14. The van der Waals surface area contributed by atoms with Crippen LogP contribution in [0.15, 0.2) is 47.9 Å². The van der Waals surface area contributed by atoms with Crippen LogP contribution in [-0.4, -0.2) is 21.8 Å². The maximum Gasteiger partial charge on any atom is 0.187 e. The molecule has 1 heterocycles. The predicted molar refractivity (Wildman–Crippen MR) is 74.3 cm³/mol. The van der Waals surface area contributed by atoms with Gasteiger partial charge in [0.25, 0.3) is 0 Å². The summed E-state index contributed by atoms with van der Waals surface area (Å²) in [5.41, 5.74) is 0. The molecular weight excluding hydrogens is 268 g/mol. The topological polar surface area (TPSA) is 35.0 Å². The number of thioether (sulfide) groups is 1. The molecule has 0 spiro atoms. The van der Waals surface area contributed by atoms with Crippen molar-refractivity contribution in [2.75, 3.05) is 5.75 Å². The lowest BCUT2D eigenvalue weighted by molar-refractivity contribution is 0.247. The van der Waals surface area contributed by atoms with E-state index in [1.807, 2.05) is 31.2 Å². The van der Waals surface area contributed by atoms with Crippen LogP contribution in [0.3, 0.4) is 0 Å². The second-order valence-corrected chi connectivity index (χ2v) is 5.15. The third-order valence-electron chi connectivity index (χ3n) is 2.14. The van der Waals surface area contributed by atoms with Crippen LogP contribution in [0.4, 0.5) is 0 Å². The Morgan fingerprint density at radius 1 is 1.22 bits per heavy atom. The molecule has 1 unspecified atom stereocenters. The van der Waals surface area contributed by atoms with E-state index in [-0.39, 0.29) is 6.10 Å². The molecule has 2 aromatic rings. The van der Waals surface area contributed by atoms with Crippen molar-refractivity contribution in [1.29, 1.82) is 0 Å². The van der Waals surface area contributed by atoms with E-state index in [0.717, 1.165) is 16.7 Å². The van der Waals surface area contributed by atoms with Gasteiger partial charge in [-0.05, 0) is 37.3 Å². The Morgan fingerprint density at radius 2 is 1.89 bits per heavy atom. The lowest BCUT2D eigenvalue weighted by Gasteiger charge is -2.13. The molecule has 0 aliphatic carbocycles. The van der Waals surface area contributed by atoms with Gasteiger partial charge in [0.2, 0.25) is 0 Å². The van der Waals surface area contributed by atoms with Crippen molar-refractivity contribution in [2.45, 2.75) is 18.2 Å². The van der Waals surface area contributed by atoms with Crippen LogP contribution in [0.2, 0.25) is 5.02 Å². The molecule has 0 saturated carbocycles. The Kier molecular flexibility index (Phi) is 4.84. The van der Waals surface area contributed by atoms with E-state index >= 15 is 0 Å². The van der Waals surface area contributed by atoms with Gasteiger partial charge in [-0.1, -0.05) is 23.4 Å². The first kappa shape index (κ1) is 13.2. The molecule has 94 valence electrons. The smallest absolute Gasteiger partial charge is 0.187 e. The fourth-order valence-corrected chi connectivity index (χ4v) is 2.18. The first-order valence-corrected chi connectivity index (χ1v) is 6.92. The highest BCUT2D eigenvalue weighted by atomic mass is 35.5. The van der Waals surface area contributed by atoms with Crippen LogP contribution >= 0.6 is 23.4 Å². The molecule has 0 saturated heterocycles. The highest BCUT2D eigenvalue weighted by Crippen LogP contribution is 2.19. The number of nitrogens with zero attached hydrogens (tertiary/aromatic N) is 2. The summed E-state index contributed by atoms with van der Waals surface area (Å²) >= 11 is 7.39. The second-order valence-electron chi connectivity index (χ2n) is 3.72. The zero-order valence-electron chi connectivity index (χ0n) is 9.91. The van der Waals surface area contributed by atoms with Crippen LogP contribution in [0.25, 0.3) is 0 Å². The maximum absolute atomic E-state index is 5.81. The summed E-state index contributed by atoms with van der Waals surface area (Å²) < 4.78 is 5.76. The number of aromatic nitrogens is 2. The monoisotopic (exact) mass is 280 g/mol. The quantitative estimate of drug-likeness (QED) is 0.618. The Hall–Kier alpha value is -1.26. The van der Waals surface area contributed by atoms with Gasteiger partial charge < -0.3 is 4.74 Å². The van der Waals surface area contributed by atoms with Crippen molar-refractivity contribution in [2.24, 2.45) is 0 Å². The van der Waals surface area contributed by atoms with Gasteiger partial charge in [-0.2, -0.15) is 0 Å². The van der Waals surface area contributed by atoms with Gasteiger partial charge in [0.05, 0.1) is 0 Å². The van der Waals surface area contributed by atoms with Crippen molar-refractivity contribution in [1.82, 2.24) is 9.97 Å². The number of halogens is 1. The van der Waals surface area contributed by atoms with Crippen molar-refractivity contribution in [3.63, 3.8) is 0 Å². The van der Waals surface area contributed by atoms with Gasteiger partial charge in [-0.25, -0.2) is 9.97 Å². The van der Waals surface area contributed by atoms with Crippen LogP contribution in [0.5, 0.6) is 5.75 Å². The minimum absolute atomic E-state index is 0.0833. The average Bonchev–Trinajstić information content (AvgIpc) is 2.40. The number of hydrogen-bond donors (Lipinski definition) is 0. The van der Waals surface area contributed by atoms with Gasteiger partial charge >= 0.3 is 0 Å². The van der Waals surface area contributed by atoms with Crippen molar-refractivity contribution < 1.29 is 4.74 Å². The number of ether oxygens (including phenoxy) is 1. The first-order chi connectivity index (χ1) is 8.74. The minimum atomic E-state index is 0.0833. The first-order valence-electron chi connectivity index (χ1n) is 5.56. The third kappa shape index (κ3) is 4.20. The molecule has 0 radical (unpaired) electrons. The molecule has 0 amide bonds. The molecule has 0 aliphatic rings. The van der Waals surface area contributed by atoms with Crippen LogP contribution in [0.1, 0.15) is 6.92 Å². The normalized spacial score (nSPS) is 12.1. The Morgan fingerprint density at radius 3 is 2.56 bits per heavy atom. The van der Waals surface area contributed by atoms with Gasteiger partial charge in [-0.15, -0.1) is 0 Å². The Balaban J connectivity index is 1.82. The molecule has 3 nitrogen and oxygen atoms in total. The van der Waals surface area contributed by atoms with Gasteiger partial charge in [0, 0.05) is 23.2 Å². The molecular formula is C13H13ClN2OS. The summed E-state index contributed by atoms with van der Waals surface area (Å²) in [6.07, 6.45) is 3.56. The fraction of sp³-hybridized carbons (Fsp3) is 0.231. The van der Waals surface area contributed by atoms with Crippen LogP contribution in [0, 0.1) is 0 Å². The van der Waals surface area contributed by atoms with E-state index in [1.54, 1.807) is 30.2 Å². The van der Waals surface area contributed by atoms with Crippen molar-refractivity contribution in [3.8, 4) is 5.75 Å². The molecule has 0 aliphatic heterocycles. The molecule has 5 heteroatoms. The van der Waals surface area contributed by atoms with E-state index in [1.165, 1.54) is 0 Å². The summed E-state index contributed by atoms with van der Waals surface area (Å²) in [4.78, 5) is 8.30. The highest BCUT2D eigenvalue weighted by molar-refractivity contribution is 7.99. The Labute approximate surface area is 116 Å². The van der Waals surface area contributed by atoms with Gasteiger partial charge in [-0.3, -0.25) is 0 Å². The lowest BCUT2D eigenvalue weighted by atomic mass is 10.3. The fourth-order valence-electron chi connectivity index (χ4n) is 1.33. The van der Waals surface area contributed by atoms with E-state index in [4.69, 9.17) is 16.3 Å².